The molecule has 0 unspecified atom stereocenters. The Hall–Kier alpha value is -4.54. The van der Waals surface area contributed by atoms with Gasteiger partial charge in [-0.3, -0.25) is 14.3 Å². The normalized spacial score (nSPS) is 11.4. The van der Waals surface area contributed by atoms with E-state index in [1.165, 1.54) is 28.8 Å². The third-order valence-electron chi connectivity index (χ3n) is 5.87. The van der Waals surface area contributed by atoms with Gasteiger partial charge in [0, 0.05) is 12.1 Å². The van der Waals surface area contributed by atoms with Crippen molar-refractivity contribution in [1.82, 2.24) is 28.9 Å². The zero-order valence-electron chi connectivity index (χ0n) is 19.5. The van der Waals surface area contributed by atoms with Crippen molar-refractivity contribution in [2.45, 2.75) is 39.4 Å². The van der Waals surface area contributed by atoms with Crippen LogP contribution >= 0.6 is 0 Å². The molecule has 184 valence electrons. The lowest BCUT2D eigenvalue weighted by atomic mass is 10.2. The molecule has 0 fully saturated rings. The van der Waals surface area contributed by atoms with E-state index in [-0.39, 0.29) is 30.1 Å². The maximum Gasteiger partial charge on any atom is 0.437 e. The number of fused-ring (bicyclic) bond motifs is 1. The molecule has 11 heteroatoms. The molecule has 3 aromatic heterocycles. The molecule has 3 heterocycles. The van der Waals surface area contributed by atoms with E-state index in [1.807, 2.05) is 37.3 Å². The van der Waals surface area contributed by atoms with Gasteiger partial charge in [-0.1, -0.05) is 43.7 Å². The number of hydrogen-bond donors (Lipinski definition) is 1. The van der Waals surface area contributed by atoms with Crippen molar-refractivity contribution >= 4 is 11.2 Å². The first-order chi connectivity index (χ1) is 17.4. The van der Waals surface area contributed by atoms with Crippen molar-refractivity contribution < 1.29 is 8.81 Å². The third kappa shape index (κ3) is 4.42. The van der Waals surface area contributed by atoms with Gasteiger partial charge in [0.05, 0.1) is 6.54 Å². The lowest BCUT2D eigenvalue weighted by molar-refractivity contribution is 0.484. The molecule has 36 heavy (non-hydrogen) atoms. The fourth-order valence-corrected chi connectivity index (χ4v) is 4.06. The van der Waals surface area contributed by atoms with E-state index in [9.17, 15) is 18.8 Å². The van der Waals surface area contributed by atoms with Crippen LogP contribution in [0, 0.1) is 5.82 Å². The van der Waals surface area contributed by atoms with Crippen molar-refractivity contribution in [3.05, 3.63) is 103 Å². The van der Waals surface area contributed by atoms with Gasteiger partial charge in [-0.2, -0.15) is 4.68 Å². The van der Waals surface area contributed by atoms with Gasteiger partial charge < -0.3 is 8.98 Å². The minimum absolute atomic E-state index is 0.0371. The first kappa shape index (κ1) is 23.2. The Labute approximate surface area is 203 Å². The van der Waals surface area contributed by atoms with Gasteiger partial charge >= 0.3 is 11.4 Å². The van der Waals surface area contributed by atoms with E-state index in [0.717, 1.165) is 23.1 Å². The topological polar surface area (TPSA) is 121 Å². The number of H-pyrrole nitrogens is 1. The summed E-state index contributed by atoms with van der Waals surface area (Å²) in [6, 6.07) is 14.8. The second-order valence-corrected chi connectivity index (χ2v) is 8.37. The summed E-state index contributed by atoms with van der Waals surface area (Å²) in [5.41, 5.74) is 0.682. The number of imidazole rings is 1. The molecule has 0 saturated carbocycles. The number of unbranched alkanes of at least 4 members (excludes halogenated alkanes) is 1. The number of aromatic amines is 1. The van der Waals surface area contributed by atoms with Crippen molar-refractivity contribution in [2.75, 3.05) is 0 Å². The number of aryl methyl sites for hydroxylation is 1. The van der Waals surface area contributed by atoms with Gasteiger partial charge in [0.2, 0.25) is 5.89 Å². The third-order valence-corrected chi connectivity index (χ3v) is 5.87. The summed E-state index contributed by atoms with van der Waals surface area (Å²) in [6.45, 7) is 2.62. The van der Waals surface area contributed by atoms with E-state index < -0.39 is 22.8 Å². The highest BCUT2D eigenvalue weighted by Crippen LogP contribution is 2.18. The second-order valence-electron chi connectivity index (χ2n) is 8.37. The molecule has 0 radical (unpaired) electrons. The minimum Gasteiger partial charge on any atom is -0.388 e. The molecule has 0 aliphatic carbocycles. The molecule has 0 spiro atoms. The Bertz CT molecular complexity index is 1690. The summed E-state index contributed by atoms with van der Waals surface area (Å²) in [5, 5.41) is 4.23. The molecule has 2 aromatic carbocycles. The first-order valence-electron chi connectivity index (χ1n) is 11.5. The van der Waals surface area contributed by atoms with Crippen molar-refractivity contribution in [3.8, 4) is 11.5 Å². The maximum atomic E-state index is 13.3. The van der Waals surface area contributed by atoms with Gasteiger partial charge in [0.1, 0.15) is 18.2 Å². The highest BCUT2D eigenvalue weighted by atomic mass is 19.1. The van der Waals surface area contributed by atoms with Crippen LogP contribution in [0.25, 0.3) is 22.6 Å². The van der Waals surface area contributed by atoms with Crippen LogP contribution in [0.5, 0.6) is 0 Å². The quantitative estimate of drug-likeness (QED) is 0.357. The SMILES string of the molecule is CCCCn1c(Cn2nc(-c3ccc(F)cc3)oc2=O)nc2c1c(=O)[nH]c(=O)n2Cc1ccccc1. The van der Waals surface area contributed by atoms with E-state index in [2.05, 4.69) is 15.1 Å². The highest BCUT2D eigenvalue weighted by Gasteiger charge is 2.21. The Kier molecular flexibility index (Phi) is 6.19. The van der Waals surface area contributed by atoms with Gasteiger partial charge in [0.15, 0.2) is 11.2 Å². The predicted octanol–water partition coefficient (Wildman–Crippen LogP) is 2.74. The number of nitrogens with zero attached hydrogens (tertiary/aromatic N) is 5. The summed E-state index contributed by atoms with van der Waals surface area (Å²) in [4.78, 5) is 45.2. The van der Waals surface area contributed by atoms with Gasteiger partial charge in [0.25, 0.3) is 5.56 Å². The molecule has 0 bridgehead atoms. The molecular formula is C25H23FN6O4. The molecular weight excluding hydrogens is 467 g/mol. The Morgan fingerprint density at radius 1 is 0.972 bits per heavy atom. The largest absolute Gasteiger partial charge is 0.437 e. The average molecular weight is 490 g/mol. The standard InChI is InChI=1S/C25H23FN6O4/c1-2-3-13-30-19(15-32-25(35)36-23(29-32)17-9-11-18(26)12-10-17)27-21-20(30)22(33)28-24(34)31(21)14-16-7-5-4-6-8-16/h4-12H,2-3,13-15H2,1H3,(H,28,33,34). The zero-order valence-corrected chi connectivity index (χ0v) is 19.5. The van der Waals surface area contributed by atoms with Crippen LogP contribution in [-0.4, -0.2) is 28.9 Å². The van der Waals surface area contributed by atoms with Crippen LogP contribution in [0.15, 0.2) is 73.4 Å². The van der Waals surface area contributed by atoms with Gasteiger partial charge in [-0.15, -0.1) is 5.10 Å². The maximum absolute atomic E-state index is 13.3. The molecule has 1 N–H and O–H groups in total. The minimum atomic E-state index is -0.723. The average Bonchev–Trinajstić information content (AvgIpc) is 3.42. The number of rotatable bonds is 8. The Morgan fingerprint density at radius 3 is 2.44 bits per heavy atom. The molecule has 0 saturated heterocycles. The van der Waals surface area contributed by atoms with E-state index in [1.54, 1.807) is 4.57 Å². The fraction of sp³-hybridized carbons (Fsp3) is 0.240. The zero-order chi connectivity index (χ0) is 25.2. The first-order valence-corrected chi connectivity index (χ1v) is 11.5. The van der Waals surface area contributed by atoms with Crippen LogP contribution in [0.4, 0.5) is 4.39 Å². The Balaban J connectivity index is 1.61. The van der Waals surface area contributed by atoms with E-state index in [4.69, 9.17) is 4.42 Å². The molecule has 5 rings (SSSR count). The van der Waals surface area contributed by atoms with E-state index >= 15 is 0 Å². The smallest absolute Gasteiger partial charge is 0.388 e. The summed E-state index contributed by atoms with van der Waals surface area (Å²) in [5.74, 6) is -0.719. The second kappa shape index (κ2) is 9.61. The number of nitrogens with one attached hydrogen (secondary N) is 1. The molecule has 10 nitrogen and oxygen atoms in total. The van der Waals surface area contributed by atoms with Crippen LogP contribution in [-0.2, 0) is 19.6 Å². The predicted molar refractivity (Wildman–Crippen MR) is 130 cm³/mol. The lowest BCUT2D eigenvalue weighted by Crippen LogP contribution is -2.31. The van der Waals surface area contributed by atoms with Crippen molar-refractivity contribution in [3.63, 3.8) is 0 Å². The summed E-state index contributed by atoms with van der Waals surface area (Å²) in [7, 11) is 0. The van der Waals surface area contributed by atoms with Gasteiger partial charge in [-0.05, 0) is 36.2 Å². The molecule has 0 amide bonds. The highest BCUT2D eigenvalue weighted by molar-refractivity contribution is 5.71. The van der Waals surface area contributed by atoms with Crippen molar-refractivity contribution in [1.29, 1.82) is 0 Å². The summed E-state index contributed by atoms with van der Waals surface area (Å²) >= 11 is 0. The fourth-order valence-electron chi connectivity index (χ4n) is 4.06. The monoisotopic (exact) mass is 490 g/mol. The van der Waals surface area contributed by atoms with Gasteiger partial charge in [-0.25, -0.2) is 19.0 Å². The lowest BCUT2D eigenvalue weighted by Gasteiger charge is -2.08. The molecule has 0 aliphatic rings. The number of aromatic nitrogens is 6. The molecule has 5 aromatic rings. The van der Waals surface area contributed by atoms with Crippen molar-refractivity contribution in [2.24, 2.45) is 0 Å². The molecule has 0 atom stereocenters. The Morgan fingerprint density at radius 2 is 1.72 bits per heavy atom. The number of halogens is 1. The summed E-state index contributed by atoms with van der Waals surface area (Å²) < 4.78 is 22.8. The van der Waals surface area contributed by atoms with E-state index in [0.29, 0.717) is 17.9 Å². The number of hydrogen-bond acceptors (Lipinski definition) is 6. The van der Waals surface area contributed by atoms with Crippen LogP contribution < -0.4 is 17.0 Å². The summed E-state index contributed by atoms with van der Waals surface area (Å²) in [6.07, 6.45) is 1.61. The van der Waals surface area contributed by atoms with Crippen LogP contribution in [0.3, 0.4) is 0 Å². The van der Waals surface area contributed by atoms with Crippen LogP contribution in [0.1, 0.15) is 31.2 Å². The number of benzene rings is 2. The molecule has 0 aliphatic heterocycles. The van der Waals surface area contributed by atoms with Crippen LogP contribution in [0.2, 0.25) is 0 Å².